The SMILES string of the molecule is CC(CC(=N)C(=O)c1cnn(C)c1-c1ccccc1)c1ccccc1. The van der Waals surface area contributed by atoms with Crippen LogP contribution in [0.3, 0.4) is 0 Å². The highest BCUT2D eigenvalue weighted by atomic mass is 16.1. The van der Waals surface area contributed by atoms with Crippen LogP contribution in [0, 0.1) is 5.41 Å². The molecule has 3 aromatic rings. The number of rotatable bonds is 6. The summed E-state index contributed by atoms with van der Waals surface area (Å²) < 4.78 is 1.69. The van der Waals surface area contributed by atoms with Gasteiger partial charge in [0.25, 0.3) is 0 Å². The molecular weight excluding hydrogens is 310 g/mol. The maximum absolute atomic E-state index is 12.8. The number of hydrogen-bond acceptors (Lipinski definition) is 3. The Hall–Kier alpha value is -3.01. The topological polar surface area (TPSA) is 58.7 Å². The summed E-state index contributed by atoms with van der Waals surface area (Å²) in [6.45, 7) is 2.04. The van der Waals surface area contributed by atoms with E-state index in [0.29, 0.717) is 12.0 Å². The van der Waals surface area contributed by atoms with Crippen LogP contribution in [0.1, 0.15) is 35.2 Å². The minimum atomic E-state index is -0.255. The minimum absolute atomic E-state index is 0.113. The predicted molar refractivity (Wildman–Crippen MR) is 100 cm³/mol. The first kappa shape index (κ1) is 16.8. The predicted octanol–water partition coefficient (Wildman–Crippen LogP) is 4.48. The van der Waals surface area contributed by atoms with Gasteiger partial charge in [-0.1, -0.05) is 67.6 Å². The van der Waals surface area contributed by atoms with E-state index in [9.17, 15) is 4.79 Å². The van der Waals surface area contributed by atoms with Gasteiger partial charge in [0.2, 0.25) is 5.78 Å². The summed E-state index contributed by atoms with van der Waals surface area (Å²) in [5, 5.41) is 12.5. The molecule has 126 valence electrons. The minimum Gasteiger partial charge on any atom is -0.301 e. The fraction of sp³-hybridized carbons (Fsp3) is 0.190. The molecule has 0 bridgehead atoms. The van der Waals surface area contributed by atoms with Crippen LogP contribution < -0.4 is 0 Å². The fourth-order valence-corrected chi connectivity index (χ4v) is 3.00. The average Bonchev–Trinajstić information content (AvgIpc) is 3.03. The smallest absolute Gasteiger partial charge is 0.210 e. The number of aromatic nitrogens is 2. The van der Waals surface area contributed by atoms with Crippen molar-refractivity contribution in [1.82, 2.24) is 9.78 Å². The molecule has 0 saturated carbocycles. The number of aryl methyl sites for hydroxylation is 1. The van der Waals surface area contributed by atoms with E-state index in [2.05, 4.69) is 5.10 Å². The van der Waals surface area contributed by atoms with Crippen molar-refractivity contribution in [1.29, 1.82) is 5.41 Å². The Bertz CT molecular complexity index is 882. The lowest BCUT2D eigenvalue weighted by molar-refractivity contribution is 0.106. The normalized spacial score (nSPS) is 11.9. The van der Waals surface area contributed by atoms with Gasteiger partial charge in [-0.05, 0) is 17.9 Å². The van der Waals surface area contributed by atoms with Crippen molar-refractivity contribution in [3.63, 3.8) is 0 Å². The average molecular weight is 331 g/mol. The van der Waals surface area contributed by atoms with Crippen LogP contribution >= 0.6 is 0 Å². The Morgan fingerprint density at radius 3 is 2.32 bits per heavy atom. The first-order valence-electron chi connectivity index (χ1n) is 8.32. The third-order valence-electron chi connectivity index (χ3n) is 4.38. The molecule has 25 heavy (non-hydrogen) atoms. The van der Waals surface area contributed by atoms with Crippen LogP contribution in [0.2, 0.25) is 0 Å². The van der Waals surface area contributed by atoms with Crippen LogP contribution in [-0.4, -0.2) is 21.3 Å². The van der Waals surface area contributed by atoms with E-state index >= 15 is 0 Å². The number of hydrogen-bond donors (Lipinski definition) is 1. The van der Waals surface area contributed by atoms with Gasteiger partial charge in [-0.2, -0.15) is 5.10 Å². The number of nitrogens with one attached hydrogen (secondary N) is 1. The summed E-state index contributed by atoms with van der Waals surface area (Å²) in [5.41, 5.74) is 3.41. The molecule has 4 heteroatoms. The van der Waals surface area contributed by atoms with E-state index in [4.69, 9.17) is 5.41 Å². The van der Waals surface area contributed by atoms with Crippen molar-refractivity contribution in [2.24, 2.45) is 7.05 Å². The Kier molecular flexibility index (Phi) is 4.89. The molecule has 1 aromatic heterocycles. The van der Waals surface area contributed by atoms with E-state index < -0.39 is 0 Å². The third kappa shape index (κ3) is 3.58. The summed E-state index contributed by atoms with van der Waals surface area (Å²) in [6, 6.07) is 19.7. The van der Waals surface area contributed by atoms with Crippen LogP contribution in [0.4, 0.5) is 0 Å². The lowest BCUT2D eigenvalue weighted by atomic mass is 9.92. The van der Waals surface area contributed by atoms with Gasteiger partial charge >= 0.3 is 0 Å². The molecule has 0 radical (unpaired) electrons. The second-order valence-electron chi connectivity index (χ2n) is 6.22. The Labute approximate surface area is 147 Å². The maximum Gasteiger partial charge on any atom is 0.210 e. The molecule has 1 unspecified atom stereocenters. The molecule has 0 amide bonds. The zero-order valence-corrected chi connectivity index (χ0v) is 14.4. The van der Waals surface area contributed by atoms with Gasteiger partial charge in [0.05, 0.1) is 23.2 Å². The van der Waals surface area contributed by atoms with Gasteiger partial charge in [0.1, 0.15) is 0 Å². The highest BCUT2D eigenvalue weighted by Gasteiger charge is 2.22. The van der Waals surface area contributed by atoms with E-state index in [1.165, 1.54) is 0 Å². The summed E-state index contributed by atoms with van der Waals surface area (Å²) in [5.74, 6) is -0.135. The lowest BCUT2D eigenvalue weighted by Crippen LogP contribution is -2.16. The zero-order valence-electron chi connectivity index (χ0n) is 14.4. The molecule has 1 atom stereocenters. The second-order valence-corrected chi connectivity index (χ2v) is 6.22. The lowest BCUT2D eigenvalue weighted by Gasteiger charge is -2.12. The van der Waals surface area contributed by atoms with E-state index in [0.717, 1.165) is 16.8 Å². The van der Waals surface area contributed by atoms with Gasteiger partial charge in [-0.15, -0.1) is 0 Å². The first-order chi connectivity index (χ1) is 12.1. The summed E-state index contributed by atoms with van der Waals surface area (Å²) >= 11 is 0. The third-order valence-corrected chi connectivity index (χ3v) is 4.38. The van der Waals surface area contributed by atoms with Crippen molar-refractivity contribution in [2.75, 3.05) is 0 Å². The van der Waals surface area contributed by atoms with Crippen LogP contribution in [-0.2, 0) is 7.05 Å². The molecule has 0 spiro atoms. The number of Topliss-reactive ketones (excluding diaryl/α,β-unsaturated/α-hetero) is 1. The fourth-order valence-electron chi connectivity index (χ4n) is 3.00. The Morgan fingerprint density at radius 1 is 1.08 bits per heavy atom. The van der Waals surface area contributed by atoms with Gasteiger partial charge in [0, 0.05) is 12.6 Å². The summed E-state index contributed by atoms with van der Waals surface area (Å²) in [6.07, 6.45) is 1.97. The highest BCUT2D eigenvalue weighted by molar-refractivity contribution is 6.45. The monoisotopic (exact) mass is 331 g/mol. The number of ketones is 1. The number of nitrogens with zero attached hydrogens (tertiary/aromatic N) is 2. The Balaban J connectivity index is 1.83. The van der Waals surface area contributed by atoms with Gasteiger partial charge < -0.3 is 5.41 Å². The molecule has 0 aliphatic heterocycles. The molecule has 1 heterocycles. The first-order valence-corrected chi connectivity index (χ1v) is 8.32. The van der Waals surface area contributed by atoms with Crippen molar-refractivity contribution in [3.05, 3.63) is 78.0 Å². The van der Waals surface area contributed by atoms with Crippen LogP contribution in [0.25, 0.3) is 11.3 Å². The summed E-state index contributed by atoms with van der Waals surface area (Å²) in [4.78, 5) is 12.8. The van der Waals surface area contributed by atoms with Gasteiger partial charge in [-0.25, -0.2) is 0 Å². The van der Waals surface area contributed by atoms with Crippen molar-refractivity contribution >= 4 is 11.5 Å². The number of carbonyl (C=O) groups excluding carboxylic acids is 1. The van der Waals surface area contributed by atoms with E-state index in [-0.39, 0.29) is 17.4 Å². The van der Waals surface area contributed by atoms with E-state index in [1.54, 1.807) is 10.9 Å². The zero-order chi connectivity index (χ0) is 17.8. The van der Waals surface area contributed by atoms with Gasteiger partial charge in [0.15, 0.2) is 0 Å². The number of benzene rings is 2. The van der Waals surface area contributed by atoms with Crippen molar-refractivity contribution < 1.29 is 4.79 Å². The molecule has 0 aliphatic carbocycles. The highest BCUT2D eigenvalue weighted by Crippen LogP contribution is 2.25. The summed E-state index contributed by atoms with van der Waals surface area (Å²) in [7, 11) is 1.81. The molecular formula is C21H21N3O. The van der Waals surface area contributed by atoms with Crippen LogP contribution in [0.5, 0.6) is 0 Å². The molecule has 0 fully saturated rings. The standard InChI is InChI=1S/C21H21N3O/c1-15(16-9-5-3-6-10-16)13-19(22)21(25)18-14-23-24(2)20(18)17-11-7-4-8-12-17/h3-12,14-15,22H,13H2,1-2H3. The molecule has 4 nitrogen and oxygen atoms in total. The van der Waals surface area contributed by atoms with Crippen LogP contribution in [0.15, 0.2) is 66.9 Å². The molecule has 1 N–H and O–H groups in total. The molecule has 3 rings (SSSR count). The van der Waals surface area contributed by atoms with Gasteiger partial charge in [-0.3, -0.25) is 9.48 Å². The van der Waals surface area contributed by atoms with E-state index in [1.807, 2.05) is 74.6 Å². The molecule has 0 saturated heterocycles. The molecule has 0 aliphatic rings. The van der Waals surface area contributed by atoms with Crippen molar-refractivity contribution in [3.8, 4) is 11.3 Å². The largest absolute Gasteiger partial charge is 0.301 e. The maximum atomic E-state index is 12.8. The van der Waals surface area contributed by atoms with Crippen molar-refractivity contribution in [2.45, 2.75) is 19.3 Å². The quantitative estimate of drug-likeness (QED) is 0.534. The Morgan fingerprint density at radius 2 is 1.68 bits per heavy atom. The second kappa shape index (κ2) is 7.26. The number of carbonyl (C=O) groups is 1. The molecule has 2 aromatic carbocycles.